The summed E-state index contributed by atoms with van der Waals surface area (Å²) in [5.41, 5.74) is 6.61. The van der Waals surface area contributed by atoms with Crippen LogP contribution in [-0.4, -0.2) is 29.3 Å². The molecule has 1 aromatic rings. The monoisotopic (exact) mass is 235 g/mol. The van der Waals surface area contributed by atoms with Crippen molar-refractivity contribution in [1.29, 1.82) is 0 Å². The molecule has 94 valence electrons. The molecule has 0 saturated heterocycles. The van der Waals surface area contributed by atoms with Gasteiger partial charge >= 0.3 is 0 Å². The van der Waals surface area contributed by atoms with Gasteiger partial charge < -0.3 is 15.7 Å². The minimum atomic E-state index is 0.177. The van der Waals surface area contributed by atoms with Crippen LogP contribution >= 0.6 is 0 Å². The van der Waals surface area contributed by atoms with Crippen LogP contribution in [0.15, 0.2) is 18.3 Å². The molecule has 17 heavy (non-hydrogen) atoms. The Hall–Kier alpha value is -1.13. The SMILES string of the molecule is NCc1ccc(N(CCO)C2CCCC2)nc1. The van der Waals surface area contributed by atoms with E-state index in [9.17, 15) is 0 Å². The number of nitrogens with two attached hydrogens (primary N) is 1. The van der Waals surface area contributed by atoms with Crippen molar-refractivity contribution in [2.75, 3.05) is 18.1 Å². The summed E-state index contributed by atoms with van der Waals surface area (Å²) in [6.07, 6.45) is 6.82. The molecule has 0 spiro atoms. The van der Waals surface area contributed by atoms with Crippen LogP contribution in [0.1, 0.15) is 31.2 Å². The average molecular weight is 235 g/mol. The van der Waals surface area contributed by atoms with E-state index in [1.165, 1.54) is 25.7 Å². The summed E-state index contributed by atoms with van der Waals surface area (Å²) in [6.45, 7) is 1.37. The third-order valence-electron chi connectivity index (χ3n) is 3.45. The summed E-state index contributed by atoms with van der Waals surface area (Å²) < 4.78 is 0. The zero-order valence-corrected chi connectivity index (χ0v) is 10.2. The number of rotatable bonds is 5. The summed E-state index contributed by atoms with van der Waals surface area (Å²) in [7, 11) is 0. The summed E-state index contributed by atoms with van der Waals surface area (Å²) in [5.74, 6) is 0.961. The fourth-order valence-corrected chi connectivity index (χ4v) is 2.52. The minimum absolute atomic E-state index is 0.177. The molecule has 0 unspecified atom stereocenters. The number of aromatic nitrogens is 1. The number of aliphatic hydroxyl groups excluding tert-OH is 1. The first kappa shape index (κ1) is 12.3. The van der Waals surface area contributed by atoms with Crippen LogP contribution in [0.4, 0.5) is 5.82 Å². The highest BCUT2D eigenvalue weighted by atomic mass is 16.3. The Bertz CT molecular complexity index is 333. The van der Waals surface area contributed by atoms with E-state index in [-0.39, 0.29) is 6.61 Å². The van der Waals surface area contributed by atoms with Crippen LogP contribution in [0.3, 0.4) is 0 Å². The van der Waals surface area contributed by atoms with E-state index in [0.29, 0.717) is 19.1 Å². The Labute approximate surface area is 102 Å². The zero-order valence-electron chi connectivity index (χ0n) is 10.2. The van der Waals surface area contributed by atoms with E-state index in [1.807, 2.05) is 18.3 Å². The second-order valence-corrected chi connectivity index (χ2v) is 4.58. The molecule has 4 heteroatoms. The molecule has 0 aliphatic heterocycles. The molecule has 1 saturated carbocycles. The molecule has 0 radical (unpaired) electrons. The number of pyridine rings is 1. The number of hydrogen-bond donors (Lipinski definition) is 2. The Morgan fingerprint density at radius 1 is 1.35 bits per heavy atom. The first-order chi connectivity index (χ1) is 8.35. The molecule has 0 atom stereocenters. The van der Waals surface area contributed by atoms with Gasteiger partial charge in [0.05, 0.1) is 6.61 Å². The normalized spacial score (nSPS) is 16.4. The lowest BCUT2D eigenvalue weighted by molar-refractivity contribution is 0.297. The smallest absolute Gasteiger partial charge is 0.128 e. The van der Waals surface area contributed by atoms with Gasteiger partial charge in [-0.1, -0.05) is 18.9 Å². The van der Waals surface area contributed by atoms with Crippen molar-refractivity contribution in [2.45, 2.75) is 38.3 Å². The molecule has 4 nitrogen and oxygen atoms in total. The Kier molecular flexibility index (Phi) is 4.34. The predicted molar refractivity (Wildman–Crippen MR) is 68.8 cm³/mol. The van der Waals surface area contributed by atoms with E-state index in [1.54, 1.807) is 0 Å². The van der Waals surface area contributed by atoms with Gasteiger partial charge in [-0.3, -0.25) is 0 Å². The molecule has 3 N–H and O–H groups in total. The van der Waals surface area contributed by atoms with E-state index < -0.39 is 0 Å². The average Bonchev–Trinajstić information content (AvgIpc) is 2.90. The maximum absolute atomic E-state index is 9.17. The van der Waals surface area contributed by atoms with Crippen molar-refractivity contribution >= 4 is 5.82 Å². The molecule has 0 aromatic carbocycles. The minimum Gasteiger partial charge on any atom is -0.395 e. The number of nitrogens with zero attached hydrogens (tertiary/aromatic N) is 2. The van der Waals surface area contributed by atoms with E-state index in [2.05, 4.69) is 9.88 Å². The van der Waals surface area contributed by atoms with Crippen LogP contribution in [0, 0.1) is 0 Å². The Balaban J connectivity index is 2.12. The first-order valence-electron chi connectivity index (χ1n) is 6.37. The van der Waals surface area contributed by atoms with Crippen molar-refractivity contribution in [3.05, 3.63) is 23.9 Å². The van der Waals surface area contributed by atoms with Gasteiger partial charge in [-0.15, -0.1) is 0 Å². The molecule has 1 aliphatic rings. The van der Waals surface area contributed by atoms with Crippen LogP contribution in [0.5, 0.6) is 0 Å². The highest BCUT2D eigenvalue weighted by molar-refractivity contribution is 5.41. The third kappa shape index (κ3) is 2.96. The lowest BCUT2D eigenvalue weighted by atomic mass is 10.2. The lowest BCUT2D eigenvalue weighted by Gasteiger charge is -2.29. The van der Waals surface area contributed by atoms with Gasteiger partial charge in [0.1, 0.15) is 5.82 Å². The number of hydrogen-bond acceptors (Lipinski definition) is 4. The number of anilines is 1. The first-order valence-corrected chi connectivity index (χ1v) is 6.37. The maximum Gasteiger partial charge on any atom is 0.128 e. The fourth-order valence-electron chi connectivity index (χ4n) is 2.52. The Morgan fingerprint density at radius 3 is 2.65 bits per heavy atom. The van der Waals surface area contributed by atoms with Gasteiger partial charge in [0, 0.05) is 25.3 Å². The molecule has 0 amide bonds. The van der Waals surface area contributed by atoms with Crippen molar-refractivity contribution < 1.29 is 5.11 Å². The largest absolute Gasteiger partial charge is 0.395 e. The molecular formula is C13H21N3O. The van der Waals surface area contributed by atoms with Crippen LogP contribution < -0.4 is 10.6 Å². The standard InChI is InChI=1S/C13H21N3O/c14-9-11-5-6-13(15-10-11)16(7-8-17)12-3-1-2-4-12/h5-6,10,12,17H,1-4,7-9,14H2. The summed E-state index contributed by atoms with van der Waals surface area (Å²) in [6, 6.07) is 4.57. The van der Waals surface area contributed by atoms with E-state index in [0.717, 1.165) is 11.4 Å². The summed E-state index contributed by atoms with van der Waals surface area (Å²) >= 11 is 0. The Morgan fingerprint density at radius 2 is 2.12 bits per heavy atom. The number of aliphatic hydroxyl groups is 1. The summed E-state index contributed by atoms with van der Waals surface area (Å²) in [4.78, 5) is 6.68. The second kappa shape index (κ2) is 5.98. The molecule has 1 fully saturated rings. The van der Waals surface area contributed by atoms with Crippen molar-refractivity contribution in [1.82, 2.24) is 4.98 Å². The fraction of sp³-hybridized carbons (Fsp3) is 0.615. The van der Waals surface area contributed by atoms with Gasteiger partial charge in [0.15, 0.2) is 0 Å². The van der Waals surface area contributed by atoms with Crippen molar-refractivity contribution in [2.24, 2.45) is 5.73 Å². The maximum atomic E-state index is 9.17. The van der Waals surface area contributed by atoms with Gasteiger partial charge in [-0.05, 0) is 24.5 Å². The molecule has 1 aromatic heterocycles. The van der Waals surface area contributed by atoms with Gasteiger partial charge in [0.2, 0.25) is 0 Å². The highest BCUT2D eigenvalue weighted by Crippen LogP contribution is 2.26. The highest BCUT2D eigenvalue weighted by Gasteiger charge is 2.23. The van der Waals surface area contributed by atoms with Gasteiger partial charge in [-0.2, -0.15) is 0 Å². The second-order valence-electron chi connectivity index (χ2n) is 4.58. The lowest BCUT2D eigenvalue weighted by Crippen LogP contribution is -2.36. The van der Waals surface area contributed by atoms with Crippen LogP contribution in [0.25, 0.3) is 0 Å². The summed E-state index contributed by atoms with van der Waals surface area (Å²) in [5, 5.41) is 9.17. The van der Waals surface area contributed by atoms with Crippen molar-refractivity contribution in [3.63, 3.8) is 0 Å². The zero-order chi connectivity index (χ0) is 12.1. The quantitative estimate of drug-likeness (QED) is 0.807. The van der Waals surface area contributed by atoms with Crippen molar-refractivity contribution in [3.8, 4) is 0 Å². The van der Waals surface area contributed by atoms with Gasteiger partial charge in [0.25, 0.3) is 0 Å². The topological polar surface area (TPSA) is 62.4 Å². The van der Waals surface area contributed by atoms with E-state index >= 15 is 0 Å². The molecule has 1 aliphatic carbocycles. The van der Waals surface area contributed by atoms with Crippen LogP contribution in [0.2, 0.25) is 0 Å². The molecule has 0 bridgehead atoms. The van der Waals surface area contributed by atoms with Crippen LogP contribution in [-0.2, 0) is 6.54 Å². The third-order valence-corrected chi connectivity index (χ3v) is 3.45. The molecular weight excluding hydrogens is 214 g/mol. The molecule has 1 heterocycles. The predicted octanol–water partition coefficient (Wildman–Crippen LogP) is 1.28. The van der Waals surface area contributed by atoms with Gasteiger partial charge in [-0.25, -0.2) is 4.98 Å². The van der Waals surface area contributed by atoms with E-state index in [4.69, 9.17) is 10.8 Å². The molecule has 2 rings (SSSR count).